The van der Waals surface area contributed by atoms with Gasteiger partial charge in [-0.05, 0) is 35.7 Å². The number of anilines is 1. The molecule has 140 valence electrons. The van der Waals surface area contributed by atoms with Crippen molar-refractivity contribution in [2.45, 2.75) is 19.8 Å². The Hall–Kier alpha value is -3.55. The second kappa shape index (κ2) is 9.23. The highest BCUT2D eigenvalue weighted by Gasteiger charge is 2.10. The number of ether oxygens (including phenoxy) is 1. The molecule has 2 aromatic rings. The highest BCUT2D eigenvalue weighted by atomic mass is 16.6. The number of carbonyl (C=O) groups is 1. The van der Waals surface area contributed by atoms with Crippen molar-refractivity contribution in [3.05, 3.63) is 70.3 Å². The van der Waals surface area contributed by atoms with Gasteiger partial charge in [-0.1, -0.05) is 19.6 Å². The van der Waals surface area contributed by atoms with Crippen molar-refractivity contribution in [2.75, 3.05) is 12.3 Å². The summed E-state index contributed by atoms with van der Waals surface area (Å²) in [5, 5.41) is 18.9. The van der Waals surface area contributed by atoms with Gasteiger partial charge in [0.15, 0.2) is 0 Å². The fourth-order valence-corrected chi connectivity index (χ4v) is 2.51. The van der Waals surface area contributed by atoms with Crippen LogP contribution in [-0.2, 0) is 22.4 Å². The standard InChI is InChI=1S/C19H20N4O4/c1-3-16-13(11-12-27-18(24)4-2)5-10-17(19(16)20)22-21-14-6-8-15(9-7-14)23(25)26/h4-10H,2-3,11-12,20H2,1H3. The number of nitrogen functional groups attached to an aromatic ring is 1. The maximum absolute atomic E-state index is 11.1. The van der Waals surface area contributed by atoms with Gasteiger partial charge in [-0.2, -0.15) is 5.11 Å². The van der Waals surface area contributed by atoms with Gasteiger partial charge in [0, 0.05) is 24.6 Å². The molecule has 0 bridgehead atoms. The molecule has 2 aromatic carbocycles. The number of azo groups is 1. The van der Waals surface area contributed by atoms with Gasteiger partial charge in [0.05, 0.1) is 22.9 Å². The molecule has 8 heteroatoms. The fraction of sp³-hybridized carbons (Fsp3) is 0.211. The minimum absolute atomic E-state index is 0.0109. The van der Waals surface area contributed by atoms with Crippen molar-refractivity contribution in [1.29, 1.82) is 0 Å². The molecular formula is C19H20N4O4. The summed E-state index contributed by atoms with van der Waals surface area (Å²) >= 11 is 0. The third-order valence-electron chi connectivity index (χ3n) is 3.90. The number of carbonyl (C=O) groups excluding carboxylic acids is 1. The lowest BCUT2D eigenvalue weighted by molar-refractivity contribution is -0.384. The first-order chi connectivity index (χ1) is 13.0. The van der Waals surface area contributed by atoms with E-state index in [-0.39, 0.29) is 12.3 Å². The number of nitro groups is 1. The molecule has 0 saturated carbocycles. The first kappa shape index (κ1) is 19.8. The van der Waals surface area contributed by atoms with Crippen molar-refractivity contribution in [3.63, 3.8) is 0 Å². The molecule has 0 fully saturated rings. The molecule has 8 nitrogen and oxygen atoms in total. The predicted molar refractivity (Wildman–Crippen MR) is 102 cm³/mol. The van der Waals surface area contributed by atoms with Crippen molar-refractivity contribution in [1.82, 2.24) is 0 Å². The minimum Gasteiger partial charge on any atom is -0.462 e. The SMILES string of the molecule is C=CC(=O)OCCc1ccc(N=Nc2ccc([N+](=O)[O-])cc2)c(N)c1CC. The van der Waals surface area contributed by atoms with Crippen LogP contribution in [0.1, 0.15) is 18.1 Å². The molecule has 0 spiro atoms. The Kier molecular flexibility index (Phi) is 6.76. The number of benzene rings is 2. The molecule has 0 aliphatic heterocycles. The molecule has 0 unspecified atom stereocenters. The van der Waals surface area contributed by atoms with Crippen LogP contribution >= 0.6 is 0 Å². The van der Waals surface area contributed by atoms with Crippen molar-refractivity contribution >= 4 is 28.7 Å². The van der Waals surface area contributed by atoms with E-state index in [9.17, 15) is 14.9 Å². The van der Waals surface area contributed by atoms with Gasteiger partial charge < -0.3 is 10.5 Å². The van der Waals surface area contributed by atoms with E-state index < -0.39 is 10.9 Å². The maximum atomic E-state index is 11.1. The molecule has 0 amide bonds. The average Bonchev–Trinajstić information content (AvgIpc) is 2.67. The zero-order chi connectivity index (χ0) is 19.8. The molecular weight excluding hydrogens is 348 g/mol. The molecule has 0 saturated heterocycles. The van der Waals surface area contributed by atoms with Crippen LogP contribution in [-0.4, -0.2) is 17.5 Å². The molecule has 0 aliphatic carbocycles. The minimum atomic E-state index is -0.475. The van der Waals surface area contributed by atoms with E-state index in [0.29, 0.717) is 29.9 Å². The Bertz CT molecular complexity index is 876. The van der Waals surface area contributed by atoms with E-state index in [4.69, 9.17) is 10.5 Å². The smallest absolute Gasteiger partial charge is 0.330 e. The fourth-order valence-electron chi connectivity index (χ4n) is 2.51. The van der Waals surface area contributed by atoms with E-state index >= 15 is 0 Å². The first-order valence-electron chi connectivity index (χ1n) is 8.31. The van der Waals surface area contributed by atoms with Crippen LogP contribution in [0.2, 0.25) is 0 Å². The second-order valence-electron chi connectivity index (χ2n) is 5.58. The van der Waals surface area contributed by atoms with Gasteiger partial charge in [0.25, 0.3) is 5.69 Å². The Morgan fingerprint density at radius 2 is 1.96 bits per heavy atom. The summed E-state index contributed by atoms with van der Waals surface area (Å²) < 4.78 is 5.01. The summed E-state index contributed by atoms with van der Waals surface area (Å²) in [6, 6.07) is 9.38. The Morgan fingerprint density at radius 1 is 1.26 bits per heavy atom. The number of rotatable bonds is 8. The van der Waals surface area contributed by atoms with Crippen LogP contribution in [0.25, 0.3) is 0 Å². The number of nitrogens with zero attached hydrogens (tertiary/aromatic N) is 3. The number of non-ortho nitro benzene ring substituents is 1. The molecule has 0 heterocycles. The van der Waals surface area contributed by atoms with Gasteiger partial charge >= 0.3 is 5.97 Å². The Balaban J connectivity index is 2.16. The largest absolute Gasteiger partial charge is 0.462 e. The highest BCUT2D eigenvalue weighted by Crippen LogP contribution is 2.31. The summed E-state index contributed by atoms with van der Waals surface area (Å²) in [6.07, 6.45) is 2.35. The van der Waals surface area contributed by atoms with Crippen LogP contribution < -0.4 is 5.73 Å². The molecule has 0 aromatic heterocycles. The average molecular weight is 368 g/mol. The third-order valence-corrected chi connectivity index (χ3v) is 3.90. The lowest BCUT2D eigenvalue weighted by atomic mass is 9.99. The maximum Gasteiger partial charge on any atom is 0.330 e. The highest BCUT2D eigenvalue weighted by molar-refractivity contribution is 5.81. The lowest BCUT2D eigenvalue weighted by Crippen LogP contribution is -2.07. The number of nitro benzene ring substituents is 1. The van der Waals surface area contributed by atoms with Gasteiger partial charge in [0.1, 0.15) is 5.69 Å². The molecule has 0 radical (unpaired) electrons. The molecule has 0 aliphatic rings. The predicted octanol–water partition coefficient (Wildman–Crippen LogP) is 4.43. The number of hydrogen-bond donors (Lipinski definition) is 1. The third kappa shape index (κ3) is 5.21. The number of nitrogens with two attached hydrogens (primary N) is 1. The summed E-state index contributed by atoms with van der Waals surface area (Å²) in [5.41, 5.74) is 9.60. The second-order valence-corrected chi connectivity index (χ2v) is 5.58. The van der Waals surface area contributed by atoms with E-state index in [2.05, 4.69) is 16.8 Å². The van der Waals surface area contributed by atoms with E-state index in [1.54, 1.807) is 6.07 Å². The zero-order valence-electron chi connectivity index (χ0n) is 14.9. The lowest BCUT2D eigenvalue weighted by Gasteiger charge is -2.12. The molecule has 2 rings (SSSR count). The van der Waals surface area contributed by atoms with E-state index in [0.717, 1.165) is 17.2 Å². The van der Waals surface area contributed by atoms with Crippen molar-refractivity contribution in [3.8, 4) is 0 Å². The van der Waals surface area contributed by atoms with Crippen molar-refractivity contribution < 1.29 is 14.5 Å². The number of esters is 1. The molecule has 2 N–H and O–H groups in total. The van der Waals surface area contributed by atoms with Crippen LogP contribution in [0.3, 0.4) is 0 Å². The summed E-state index contributed by atoms with van der Waals surface area (Å²) in [4.78, 5) is 21.3. The van der Waals surface area contributed by atoms with Gasteiger partial charge in [-0.3, -0.25) is 10.1 Å². The Labute approximate surface area is 156 Å². The number of hydrogen-bond acceptors (Lipinski definition) is 7. The van der Waals surface area contributed by atoms with Crippen LogP contribution in [0.15, 0.2) is 59.3 Å². The molecule has 0 atom stereocenters. The van der Waals surface area contributed by atoms with Crippen LogP contribution in [0.5, 0.6) is 0 Å². The van der Waals surface area contributed by atoms with Crippen LogP contribution in [0.4, 0.5) is 22.7 Å². The normalized spacial score (nSPS) is 10.7. The Morgan fingerprint density at radius 3 is 2.56 bits per heavy atom. The topological polar surface area (TPSA) is 120 Å². The summed E-state index contributed by atoms with van der Waals surface area (Å²) in [5.74, 6) is -0.463. The zero-order valence-corrected chi connectivity index (χ0v) is 14.9. The monoisotopic (exact) mass is 368 g/mol. The quantitative estimate of drug-likeness (QED) is 0.185. The van der Waals surface area contributed by atoms with Gasteiger partial charge in [-0.25, -0.2) is 4.79 Å². The van der Waals surface area contributed by atoms with Crippen molar-refractivity contribution in [2.24, 2.45) is 10.2 Å². The van der Waals surface area contributed by atoms with Crippen LogP contribution in [0, 0.1) is 10.1 Å². The van der Waals surface area contributed by atoms with E-state index in [1.807, 2.05) is 13.0 Å². The summed E-state index contributed by atoms with van der Waals surface area (Å²) in [7, 11) is 0. The first-order valence-corrected chi connectivity index (χ1v) is 8.31. The summed E-state index contributed by atoms with van der Waals surface area (Å²) in [6.45, 7) is 5.57. The van der Waals surface area contributed by atoms with Gasteiger partial charge in [-0.15, -0.1) is 5.11 Å². The van der Waals surface area contributed by atoms with E-state index in [1.165, 1.54) is 24.3 Å². The molecule has 27 heavy (non-hydrogen) atoms. The van der Waals surface area contributed by atoms with Gasteiger partial charge in [0.2, 0.25) is 0 Å².